The summed E-state index contributed by atoms with van der Waals surface area (Å²) in [7, 11) is 0. The van der Waals surface area contributed by atoms with Gasteiger partial charge in [0.15, 0.2) is 11.5 Å². The van der Waals surface area contributed by atoms with E-state index in [4.69, 9.17) is 4.74 Å². The summed E-state index contributed by atoms with van der Waals surface area (Å²) in [6, 6.07) is 6.91. The van der Waals surface area contributed by atoms with E-state index in [-0.39, 0.29) is 17.3 Å². The quantitative estimate of drug-likeness (QED) is 0.543. The Balaban J connectivity index is 2.01. The maximum atomic E-state index is 12.4. The number of alkyl halides is 1. The molecular formula is C17H19BrO3. The van der Waals surface area contributed by atoms with Crippen molar-refractivity contribution in [2.75, 3.05) is 11.9 Å². The first-order valence-electron chi connectivity index (χ1n) is 7.25. The SMILES string of the molecule is CC1=C(OCCCCCCBr)C(=O)c2ccccc2C1=O. The van der Waals surface area contributed by atoms with Gasteiger partial charge in [-0.3, -0.25) is 9.59 Å². The number of rotatable bonds is 7. The van der Waals surface area contributed by atoms with Gasteiger partial charge in [0.05, 0.1) is 6.61 Å². The van der Waals surface area contributed by atoms with Crippen molar-refractivity contribution in [1.29, 1.82) is 0 Å². The van der Waals surface area contributed by atoms with Gasteiger partial charge in [-0.2, -0.15) is 0 Å². The van der Waals surface area contributed by atoms with Crippen LogP contribution in [0.5, 0.6) is 0 Å². The van der Waals surface area contributed by atoms with Crippen molar-refractivity contribution >= 4 is 27.5 Å². The molecule has 0 aliphatic heterocycles. The maximum absolute atomic E-state index is 12.4. The van der Waals surface area contributed by atoms with E-state index < -0.39 is 0 Å². The zero-order chi connectivity index (χ0) is 15.2. The van der Waals surface area contributed by atoms with E-state index in [1.54, 1.807) is 31.2 Å². The molecule has 0 amide bonds. The molecular weight excluding hydrogens is 332 g/mol. The Labute approximate surface area is 133 Å². The lowest BCUT2D eigenvalue weighted by Crippen LogP contribution is -2.22. The van der Waals surface area contributed by atoms with Crippen molar-refractivity contribution in [3.63, 3.8) is 0 Å². The Kier molecular flexibility index (Phi) is 5.74. The normalized spacial score (nSPS) is 14.4. The van der Waals surface area contributed by atoms with Crippen LogP contribution < -0.4 is 0 Å². The number of hydrogen-bond donors (Lipinski definition) is 0. The van der Waals surface area contributed by atoms with Crippen LogP contribution in [0.2, 0.25) is 0 Å². The van der Waals surface area contributed by atoms with Gasteiger partial charge >= 0.3 is 0 Å². The molecule has 2 rings (SSSR count). The minimum absolute atomic E-state index is 0.112. The van der Waals surface area contributed by atoms with E-state index in [0.29, 0.717) is 23.3 Å². The molecule has 0 saturated heterocycles. The molecule has 1 aromatic rings. The third kappa shape index (κ3) is 3.62. The Bertz CT molecular complexity index is 575. The van der Waals surface area contributed by atoms with Crippen LogP contribution in [0, 0.1) is 0 Å². The number of halogens is 1. The number of carbonyl (C=O) groups is 2. The van der Waals surface area contributed by atoms with E-state index >= 15 is 0 Å². The molecule has 3 nitrogen and oxygen atoms in total. The molecule has 0 N–H and O–H groups in total. The number of benzene rings is 1. The highest BCUT2D eigenvalue weighted by molar-refractivity contribution is 9.09. The maximum Gasteiger partial charge on any atom is 0.228 e. The average molecular weight is 351 g/mol. The minimum atomic E-state index is -0.178. The Morgan fingerprint density at radius 3 is 2.24 bits per heavy atom. The van der Waals surface area contributed by atoms with Crippen molar-refractivity contribution in [2.45, 2.75) is 32.6 Å². The molecule has 1 aromatic carbocycles. The summed E-state index contributed by atoms with van der Waals surface area (Å²) >= 11 is 3.40. The van der Waals surface area contributed by atoms with Crippen LogP contribution in [0.15, 0.2) is 35.6 Å². The second-order valence-corrected chi connectivity index (χ2v) is 5.90. The molecule has 1 aliphatic carbocycles. The second-order valence-electron chi connectivity index (χ2n) is 5.11. The fourth-order valence-corrected chi connectivity index (χ4v) is 2.77. The number of unbranched alkanes of at least 4 members (excludes halogenated alkanes) is 3. The summed E-state index contributed by atoms with van der Waals surface area (Å²) in [4.78, 5) is 24.6. The first kappa shape index (κ1) is 16.0. The Morgan fingerprint density at radius 1 is 0.952 bits per heavy atom. The van der Waals surface area contributed by atoms with Crippen LogP contribution in [0.1, 0.15) is 53.3 Å². The molecule has 0 bridgehead atoms. The van der Waals surface area contributed by atoms with Crippen molar-refractivity contribution in [3.8, 4) is 0 Å². The summed E-state index contributed by atoms with van der Waals surface area (Å²) in [5.74, 6) is -0.0677. The number of allylic oxidation sites excluding steroid dienone is 2. The summed E-state index contributed by atoms with van der Waals surface area (Å²) in [6.45, 7) is 2.15. The monoisotopic (exact) mass is 350 g/mol. The van der Waals surface area contributed by atoms with Gasteiger partial charge in [0, 0.05) is 22.0 Å². The topological polar surface area (TPSA) is 43.4 Å². The molecule has 0 radical (unpaired) electrons. The van der Waals surface area contributed by atoms with Gasteiger partial charge < -0.3 is 4.74 Å². The van der Waals surface area contributed by atoms with Crippen molar-refractivity contribution in [3.05, 3.63) is 46.7 Å². The van der Waals surface area contributed by atoms with Gasteiger partial charge in [0.1, 0.15) is 0 Å². The largest absolute Gasteiger partial charge is 0.489 e. The minimum Gasteiger partial charge on any atom is -0.489 e. The number of ketones is 2. The fraction of sp³-hybridized carbons (Fsp3) is 0.412. The van der Waals surface area contributed by atoms with Crippen LogP contribution in [-0.2, 0) is 4.74 Å². The third-order valence-electron chi connectivity index (χ3n) is 3.58. The molecule has 4 heteroatoms. The molecule has 1 aliphatic rings. The van der Waals surface area contributed by atoms with Crippen LogP contribution in [0.4, 0.5) is 0 Å². The molecule has 0 atom stereocenters. The second kappa shape index (κ2) is 7.55. The zero-order valence-electron chi connectivity index (χ0n) is 12.2. The highest BCUT2D eigenvalue weighted by atomic mass is 79.9. The predicted molar refractivity (Wildman–Crippen MR) is 86.0 cm³/mol. The van der Waals surface area contributed by atoms with Crippen molar-refractivity contribution in [1.82, 2.24) is 0 Å². The van der Waals surface area contributed by atoms with E-state index in [0.717, 1.165) is 31.0 Å². The summed E-state index contributed by atoms with van der Waals surface area (Å²) < 4.78 is 5.61. The van der Waals surface area contributed by atoms with E-state index in [2.05, 4.69) is 15.9 Å². The predicted octanol–water partition coefficient (Wildman–Crippen LogP) is 4.31. The highest BCUT2D eigenvalue weighted by Gasteiger charge is 2.30. The summed E-state index contributed by atoms with van der Waals surface area (Å²) in [6.07, 6.45) is 4.25. The van der Waals surface area contributed by atoms with Crippen LogP contribution in [-0.4, -0.2) is 23.5 Å². The first-order chi connectivity index (χ1) is 10.2. The third-order valence-corrected chi connectivity index (χ3v) is 4.14. The molecule has 112 valence electrons. The summed E-state index contributed by atoms with van der Waals surface area (Å²) in [5, 5.41) is 1.02. The number of ether oxygens (including phenoxy) is 1. The molecule has 0 heterocycles. The van der Waals surface area contributed by atoms with Crippen LogP contribution in [0.25, 0.3) is 0 Å². The van der Waals surface area contributed by atoms with Gasteiger partial charge in [0.2, 0.25) is 5.78 Å². The average Bonchev–Trinajstić information content (AvgIpc) is 2.51. The highest BCUT2D eigenvalue weighted by Crippen LogP contribution is 2.26. The molecule has 0 aromatic heterocycles. The number of hydrogen-bond acceptors (Lipinski definition) is 3. The van der Waals surface area contributed by atoms with Crippen molar-refractivity contribution in [2.24, 2.45) is 0 Å². The Morgan fingerprint density at radius 2 is 1.57 bits per heavy atom. The van der Waals surface area contributed by atoms with Crippen LogP contribution in [0.3, 0.4) is 0 Å². The van der Waals surface area contributed by atoms with Gasteiger partial charge in [0.25, 0.3) is 0 Å². The van der Waals surface area contributed by atoms with E-state index in [9.17, 15) is 9.59 Å². The number of Topliss-reactive ketones (excluding diaryl/α,β-unsaturated/α-hetero) is 2. The lowest BCUT2D eigenvalue weighted by atomic mass is 9.89. The van der Waals surface area contributed by atoms with Gasteiger partial charge in [-0.15, -0.1) is 0 Å². The lowest BCUT2D eigenvalue weighted by molar-refractivity contribution is 0.0868. The van der Waals surface area contributed by atoms with Gasteiger partial charge in [-0.1, -0.05) is 53.0 Å². The molecule has 0 unspecified atom stereocenters. The van der Waals surface area contributed by atoms with E-state index in [1.165, 1.54) is 0 Å². The standard InChI is InChI=1S/C17H19BrO3/c1-12-15(19)13-8-4-5-9-14(13)16(20)17(12)21-11-7-3-2-6-10-18/h4-5,8-9H,2-3,6-7,10-11H2,1H3. The smallest absolute Gasteiger partial charge is 0.228 e. The summed E-state index contributed by atoms with van der Waals surface area (Å²) in [5.41, 5.74) is 1.34. The lowest BCUT2D eigenvalue weighted by Gasteiger charge is -2.19. The molecule has 0 spiro atoms. The fourth-order valence-electron chi connectivity index (χ4n) is 2.37. The zero-order valence-corrected chi connectivity index (χ0v) is 13.7. The Hall–Kier alpha value is -1.42. The molecule has 21 heavy (non-hydrogen) atoms. The van der Waals surface area contributed by atoms with E-state index in [1.807, 2.05) is 0 Å². The molecule has 0 saturated carbocycles. The number of carbonyl (C=O) groups excluding carboxylic acids is 2. The van der Waals surface area contributed by atoms with Crippen LogP contribution >= 0.6 is 15.9 Å². The first-order valence-corrected chi connectivity index (χ1v) is 8.37. The van der Waals surface area contributed by atoms with Gasteiger partial charge in [-0.05, 0) is 19.8 Å². The number of fused-ring (bicyclic) bond motifs is 1. The van der Waals surface area contributed by atoms with Gasteiger partial charge in [-0.25, -0.2) is 0 Å². The van der Waals surface area contributed by atoms with Crippen molar-refractivity contribution < 1.29 is 14.3 Å². The molecule has 0 fully saturated rings.